The van der Waals surface area contributed by atoms with Crippen LogP contribution in [0.5, 0.6) is 0 Å². The predicted molar refractivity (Wildman–Crippen MR) is 116 cm³/mol. The largest absolute Gasteiger partial charge is 0.270 e. The third kappa shape index (κ3) is 4.51. The van der Waals surface area contributed by atoms with Gasteiger partial charge < -0.3 is 0 Å². The second-order valence-electron chi connectivity index (χ2n) is 6.08. The lowest BCUT2D eigenvalue weighted by Gasteiger charge is -2.15. The lowest BCUT2D eigenvalue weighted by Crippen LogP contribution is -2.27. The number of hydrogen-bond donors (Lipinski definition) is 0. The molecule has 0 radical (unpaired) electrons. The Labute approximate surface area is 164 Å². The highest BCUT2D eigenvalue weighted by Crippen LogP contribution is 2.35. The van der Waals surface area contributed by atoms with E-state index in [2.05, 4.69) is 19.1 Å². The SMILES string of the molecule is CCCCc1ccc(N2C(=O)/C(=C/C=C/c3ccccc3)SC2=S)cc1. The van der Waals surface area contributed by atoms with Crippen molar-refractivity contribution in [3.63, 3.8) is 0 Å². The van der Waals surface area contributed by atoms with Crippen molar-refractivity contribution in [2.75, 3.05) is 4.90 Å². The zero-order valence-electron chi connectivity index (χ0n) is 14.7. The number of unbranched alkanes of at least 4 members (excludes halogenated alkanes) is 1. The Morgan fingerprint density at radius 1 is 1.08 bits per heavy atom. The number of nitrogens with zero attached hydrogens (tertiary/aromatic N) is 1. The summed E-state index contributed by atoms with van der Waals surface area (Å²) in [5, 5.41) is 0. The van der Waals surface area contributed by atoms with Gasteiger partial charge in [0.25, 0.3) is 5.91 Å². The van der Waals surface area contributed by atoms with Crippen LogP contribution in [-0.2, 0) is 11.2 Å². The molecule has 1 aliphatic heterocycles. The van der Waals surface area contributed by atoms with Crippen molar-refractivity contribution in [1.29, 1.82) is 0 Å². The summed E-state index contributed by atoms with van der Waals surface area (Å²) < 4.78 is 0.579. The molecule has 132 valence electrons. The van der Waals surface area contributed by atoms with Crippen molar-refractivity contribution in [2.45, 2.75) is 26.2 Å². The molecule has 0 spiro atoms. The molecule has 0 aromatic heterocycles. The van der Waals surface area contributed by atoms with Gasteiger partial charge in [0, 0.05) is 0 Å². The lowest BCUT2D eigenvalue weighted by molar-refractivity contribution is -0.113. The van der Waals surface area contributed by atoms with Crippen LogP contribution in [-0.4, -0.2) is 10.2 Å². The first-order valence-electron chi connectivity index (χ1n) is 8.77. The molecule has 26 heavy (non-hydrogen) atoms. The van der Waals surface area contributed by atoms with E-state index in [4.69, 9.17) is 12.2 Å². The third-order valence-corrected chi connectivity index (χ3v) is 5.46. The fourth-order valence-corrected chi connectivity index (χ4v) is 3.96. The van der Waals surface area contributed by atoms with Gasteiger partial charge in [0.2, 0.25) is 0 Å². The van der Waals surface area contributed by atoms with Gasteiger partial charge in [0.1, 0.15) is 0 Å². The summed E-state index contributed by atoms with van der Waals surface area (Å²) in [6.45, 7) is 2.19. The van der Waals surface area contributed by atoms with Crippen molar-refractivity contribution < 1.29 is 4.79 Å². The summed E-state index contributed by atoms with van der Waals surface area (Å²) in [6.07, 6.45) is 9.14. The topological polar surface area (TPSA) is 20.3 Å². The van der Waals surface area contributed by atoms with E-state index in [1.165, 1.54) is 30.2 Å². The highest BCUT2D eigenvalue weighted by atomic mass is 32.2. The van der Waals surface area contributed by atoms with E-state index >= 15 is 0 Å². The zero-order valence-corrected chi connectivity index (χ0v) is 16.4. The zero-order chi connectivity index (χ0) is 18.4. The van der Waals surface area contributed by atoms with E-state index in [-0.39, 0.29) is 5.91 Å². The van der Waals surface area contributed by atoms with Gasteiger partial charge in [-0.3, -0.25) is 9.69 Å². The molecule has 1 saturated heterocycles. The van der Waals surface area contributed by atoms with Gasteiger partial charge in [-0.05, 0) is 42.2 Å². The summed E-state index contributed by atoms with van der Waals surface area (Å²) in [4.78, 5) is 15.0. The first-order chi connectivity index (χ1) is 12.7. The van der Waals surface area contributed by atoms with Crippen LogP contribution in [0.15, 0.2) is 71.7 Å². The molecule has 0 atom stereocenters. The van der Waals surface area contributed by atoms with Gasteiger partial charge in [-0.2, -0.15) is 0 Å². The Kier molecular flexibility index (Phi) is 6.42. The Morgan fingerprint density at radius 2 is 1.81 bits per heavy atom. The van der Waals surface area contributed by atoms with Crippen molar-refractivity contribution >= 4 is 46.0 Å². The van der Waals surface area contributed by atoms with Crippen molar-refractivity contribution in [3.05, 3.63) is 82.8 Å². The Hall–Kier alpha value is -2.17. The molecule has 2 nitrogen and oxygen atoms in total. The second kappa shape index (κ2) is 8.97. The number of carbonyl (C=O) groups is 1. The molecule has 1 amide bonds. The molecule has 3 rings (SSSR count). The average Bonchev–Trinajstić information content (AvgIpc) is 2.95. The standard InChI is InChI=1S/C22H21NOS2/c1-2-3-8-18-13-15-19(16-14-18)23-21(24)20(26-22(23)25)12-7-11-17-9-5-4-6-10-17/h4-7,9-16H,2-3,8H2,1H3/b11-7+,20-12-. The minimum absolute atomic E-state index is 0.0565. The maximum atomic E-state index is 12.7. The van der Waals surface area contributed by atoms with Crippen LogP contribution in [0.1, 0.15) is 30.9 Å². The number of allylic oxidation sites excluding steroid dienone is 2. The third-order valence-electron chi connectivity index (χ3n) is 4.14. The summed E-state index contributed by atoms with van der Waals surface area (Å²) in [7, 11) is 0. The fraction of sp³-hybridized carbons (Fsp3) is 0.182. The van der Waals surface area contributed by atoms with Gasteiger partial charge in [-0.25, -0.2) is 0 Å². The second-order valence-corrected chi connectivity index (χ2v) is 7.76. The van der Waals surface area contributed by atoms with E-state index in [9.17, 15) is 4.79 Å². The maximum absolute atomic E-state index is 12.7. The number of hydrogen-bond acceptors (Lipinski definition) is 3. The minimum Gasteiger partial charge on any atom is -0.268 e. The van der Waals surface area contributed by atoms with Gasteiger partial charge in [0.05, 0.1) is 10.6 Å². The van der Waals surface area contributed by atoms with Crippen molar-refractivity contribution in [2.24, 2.45) is 0 Å². The number of amides is 1. The summed E-state index contributed by atoms with van der Waals surface area (Å²) in [5.41, 5.74) is 3.23. The van der Waals surface area contributed by atoms with Crippen LogP contribution in [0.2, 0.25) is 0 Å². The summed E-state index contributed by atoms with van der Waals surface area (Å²) in [6, 6.07) is 18.1. The summed E-state index contributed by atoms with van der Waals surface area (Å²) in [5.74, 6) is -0.0565. The van der Waals surface area contributed by atoms with Gasteiger partial charge in [-0.15, -0.1) is 0 Å². The van der Waals surface area contributed by atoms with Gasteiger partial charge in [0.15, 0.2) is 4.32 Å². The minimum atomic E-state index is -0.0565. The first kappa shape index (κ1) is 18.6. The highest BCUT2D eigenvalue weighted by Gasteiger charge is 2.32. The highest BCUT2D eigenvalue weighted by molar-refractivity contribution is 8.27. The molecular weight excluding hydrogens is 358 g/mol. The van der Waals surface area contributed by atoms with Crippen LogP contribution < -0.4 is 4.90 Å². The predicted octanol–water partition coefficient (Wildman–Crippen LogP) is 5.99. The monoisotopic (exact) mass is 379 g/mol. The molecule has 4 heteroatoms. The Balaban J connectivity index is 1.72. The first-order valence-corrected chi connectivity index (χ1v) is 10.00. The van der Waals surface area contributed by atoms with Crippen LogP contribution in [0.25, 0.3) is 6.08 Å². The molecule has 0 unspecified atom stereocenters. The molecule has 1 aliphatic rings. The average molecular weight is 380 g/mol. The normalized spacial score (nSPS) is 16.2. The van der Waals surface area contributed by atoms with Gasteiger partial charge >= 0.3 is 0 Å². The van der Waals surface area contributed by atoms with E-state index < -0.39 is 0 Å². The maximum Gasteiger partial charge on any atom is 0.270 e. The molecule has 1 heterocycles. The number of thiocarbonyl (C=S) groups is 1. The Bertz CT molecular complexity index is 838. The number of benzene rings is 2. The quantitative estimate of drug-likeness (QED) is 0.454. The molecular formula is C22H21NOS2. The summed E-state index contributed by atoms with van der Waals surface area (Å²) >= 11 is 6.77. The van der Waals surface area contributed by atoms with E-state index in [0.717, 1.165) is 17.7 Å². The van der Waals surface area contributed by atoms with E-state index in [0.29, 0.717) is 9.23 Å². The molecule has 1 fully saturated rings. The molecule has 0 saturated carbocycles. The van der Waals surface area contributed by atoms with Crippen molar-refractivity contribution in [1.82, 2.24) is 0 Å². The van der Waals surface area contributed by atoms with E-state index in [1.54, 1.807) is 4.90 Å². The number of rotatable bonds is 6. The number of thioether (sulfide) groups is 1. The Morgan fingerprint density at radius 3 is 2.50 bits per heavy atom. The van der Waals surface area contributed by atoms with E-state index in [1.807, 2.05) is 60.7 Å². The smallest absolute Gasteiger partial charge is 0.268 e. The fourth-order valence-electron chi connectivity index (χ4n) is 2.71. The molecule has 2 aromatic carbocycles. The van der Waals surface area contributed by atoms with Crippen LogP contribution >= 0.6 is 24.0 Å². The van der Waals surface area contributed by atoms with Crippen molar-refractivity contribution in [3.8, 4) is 0 Å². The van der Waals surface area contributed by atoms with Crippen LogP contribution in [0.3, 0.4) is 0 Å². The number of carbonyl (C=O) groups excluding carboxylic acids is 1. The molecule has 0 N–H and O–H groups in total. The molecule has 0 bridgehead atoms. The number of anilines is 1. The number of aryl methyl sites for hydroxylation is 1. The van der Waals surface area contributed by atoms with Crippen LogP contribution in [0, 0.1) is 0 Å². The lowest BCUT2D eigenvalue weighted by atomic mass is 10.1. The molecule has 2 aromatic rings. The van der Waals surface area contributed by atoms with Crippen LogP contribution in [0.4, 0.5) is 5.69 Å². The van der Waals surface area contributed by atoms with Gasteiger partial charge in [-0.1, -0.05) is 91.9 Å². The molecule has 0 aliphatic carbocycles.